The molecule has 0 unspecified atom stereocenters. The molecule has 0 saturated heterocycles. The molecular formula is C30H22N2O3. The molecule has 5 heteroatoms. The number of ketones is 2. The van der Waals surface area contributed by atoms with Gasteiger partial charge in [0.05, 0.1) is 17.0 Å². The van der Waals surface area contributed by atoms with E-state index in [9.17, 15) is 14.4 Å². The second kappa shape index (κ2) is 9.69. The summed E-state index contributed by atoms with van der Waals surface area (Å²) in [5.74, 6) is -2.78. The lowest BCUT2D eigenvalue weighted by atomic mass is 9.75. The number of Topliss-reactive ketones (excluding diaryl/α,β-unsaturated/α-hetero) is 2. The van der Waals surface area contributed by atoms with E-state index in [4.69, 9.17) is 0 Å². The molecule has 1 atom stereocenters. The van der Waals surface area contributed by atoms with Gasteiger partial charge in [-0.05, 0) is 17.7 Å². The molecule has 5 nitrogen and oxygen atoms in total. The smallest absolute Gasteiger partial charge is 0.270 e. The molecule has 170 valence electrons. The van der Waals surface area contributed by atoms with Gasteiger partial charge < -0.3 is 4.98 Å². The van der Waals surface area contributed by atoms with E-state index in [-0.39, 0.29) is 17.3 Å². The first-order chi connectivity index (χ1) is 17.1. The number of nitrogens with zero attached hydrogens (tertiary/aromatic N) is 1. The first-order valence-corrected chi connectivity index (χ1v) is 11.4. The van der Waals surface area contributed by atoms with Crippen LogP contribution in [0.15, 0.2) is 120 Å². The zero-order valence-corrected chi connectivity index (χ0v) is 18.8. The third-order valence-corrected chi connectivity index (χ3v) is 6.09. The van der Waals surface area contributed by atoms with Crippen molar-refractivity contribution in [3.05, 3.63) is 148 Å². The summed E-state index contributed by atoms with van der Waals surface area (Å²) in [4.78, 5) is 48.8. The Bertz CT molecular complexity index is 1490. The number of hydrogen-bond donors (Lipinski definition) is 1. The van der Waals surface area contributed by atoms with Crippen molar-refractivity contribution in [2.75, 3.05) is 0 Å². The van der Waals surface area contributed by atoms with E-state index < -0.39 is 17.4 Å². The third-order valence-electron chi connectivity index (χ3n) is 6.09. The van der Waals surface area contributed by atoms with Crippen molar-refractivity contribution in [1.29, 1.82) is 0 Å². The molecule has 5 rings (SSSR count). The average Bonchev–Trinajstić information content (AvgIpc) is 2.92. The number of carbonyl (C=O) groups is 2. The minimum absolute atomic E-state index is 0.133. The molecule has 1 heterocycles. The second-order valence-electron chi connectivity index (χ2n) is 8.29. The van der Waals surface area contributed by atoms with Gasteiger partial charge in [0.1, 0.15) is 5.69 Å². The maximum absolute atomic E-state index is 14.0. The highest BCUT2D eigenvalue weighted by molar-refractivity contribution is 6.17. The number of para-hydroxylation sites is 2. The van der Waals surface area contributed by atoms with Gasteiger partial charge in [0.2, 0.25) is 0 Å². The number of rotatable bonds is 7. The Kier molecular flexibility index (Phi) is 6.14. The summed E-state index contributed by atoms with van der Waals surface area (Å²) in [6.07, 6.45) is 0. The molecule has 0 aliphatic heterocycles. The van der Waals surface area contributed by atoms with Gasteiger partial charge in [0.25, 0.3) is 5.56 Å². The van der Waals surface area contributed by atoms with Gasteiger partial charge in [-0.15, -0.1) is 0 Å². The van der Waals surface area contributed by atoms with Crippen LogP contribution in [0.4, 0.5) is 0 Å². The molecule has 0 bridgehead atoms. The predicted octanol–water partition coefficient (Wildman–Crippen LogP) is 5.44. The van der Waals surface area contributed by atoms with E-state index in [1.165, 1.54) is 0 Å². The lowest BCUT2D eigenvalue weighted by Crippen LogP contribution is -2.35. The van der Waals surface area contributed by atoms with Gasteiger partial charge in [-0.3, -0.25) is 14.4 Å². The van der Waals surface area contributed by atoms with Crippen LogP contribution in [-0.4, -0.2) is 21.5 Å². The Morgan fingerprint density at radius 3 is 1.69 bits per heavy atom. The molecule has 0 amide bonds. The van der Waals surface area contributed by atoms with Crippen molar-refractivity contribution in [2.24, 2.45) is 5.92 Å². The largest absolute Gasteiger partial charge is 0.319 e. The highest BCUT2D eigenvalue weighted by Crippen LogP contribution is 2.34. The summed E-state index contributed by atoms with van der Waals surface area (Å²) in [6.45, 7) is 0. The molecular weight excluding hydrogens is 436 g/mol. The van der Waals surface area contributed by atoms with Crippen LogP contribution >= 0.6 is 0 Å². The summed E-state index contributed by atoms with van der Waals surface area (Å²) in [5.41, 5.74) is 2.35. The lowest BCUT2D eigenvalue weighted by molar-refractivity contribution is 0.0791. The molecule has 5 aromatic rings. The van der Waals surface area contributed by atoms with Crippen molar-refractivity contribution in [3.8, 4) is 0 Å². The summed E-state index contributed by atoms with van der Waals surface area (Å²) in [5, 5.41) is 0. The normalized spacial score (nSPS) is 11.9. The van der Waals surface area contributed by atoms with Crippen LogP contribution in [0.1, 0.15) is 37.9 Å². The quantitative estimate of drug-likeness (QED) is 0.260. The molecule has 0 aliphatic rings. The van der Waals surface area contributed by atoms with Crippen LogP contribution in [0.2, 0.25) is 0 Å². The third kappa shape index (κ3) is 4.44. The van der Waals surface area contributed by atoms with Gasteiger partial charge in [-0.25, -0.2) is 4.98 Å². The fraction of sp³-hybridized carbons (Fsp3) is 0.0667. The zero-order chi connectivity index (χ0) is 24.2. The number of benzene rings is 4. The number of nitrogens with one attached hydrogen (secondary N) is 1. The fourth-order valence-corrected chi connectivity index (χ4v) is 4.41. The lowest BCUT2D eigenvalue weighted by Gasteiger charge is -2.25. The predicted molar refractivity (Wildman–Crippen MR) is 136 cm³/mol. The Hall–Kier alpha value is -4.64. The maximum atomic E-state index is 14.0. The van der Waals surface area contributed by atoms with Crippen molar-refractivity contribution < 1.29 is 9.59 Å². The Balaban J connectivity index is 1.77. The molecule has 0 radical (unpaired) electrons. The maximum Gasteiger partial charge on any atom is 0.270 e. The first-order valence-electron chi connectivity index (χ1n) is 11.4. The van der Waals surface area contributed by atoms with Gasteiger partial charge in [0.15, 0.2) is 11.6 Å². The SMILES string of the molecule is O=C(c1ccccc1)C(C(=O)c1ccccc1)[C@@H](c1ccccc1)c1nc2ccccc2[nH]c1=O. The summed E-state index contributed by atoms with van der Waals surface area (Å²) < 4.78 is 0. The monoisotopic (exact) mass is 458 g/mol. The highest BCUT2D eigenvalue weighted by atomic mass is 16.2. The van der Waals surface area contributed by atoms with Crippen LogP contribution in [-0.2, 0) is 0 Å². The number of carbonyl (C=O) groups excluding carboxylic acids is 2. The molecule has 1 aromatic heterocycles. The average molecular weight is 459 g/mol. The Labute approximate surface area is 202 Å². The molecule has 0 aliphatic carbocycles. The minimum Gasteiger partial charge on any atom is -0.319 e. The van der Waals surface area contributed by atoms with E-state index in [1.54, 1.807) is 60.7 Å². The van der Waals surface area contributed by atoms with Crippen LogP contribution in [0.25, 0.3) is 11.0 Å². The number of hydrogen-bond acceptors (Lipinski definition) is 4. The van der Waals surface area contributed by atoms with E-state index >= 15 is 0 Å². The van der Waals surface area contributed by atoms with Crippen molar-refractivity contribution >= 4 is 22.6 Å². The van der Waals surface area contributed by atoms with E-state index in [1.807, 2.05) is 54.6 Å². The summed E-state index contributed by atoms with van der Waals surface area (Å²) in [7, 11) is 0. The van der Waals surface area contributed by atoms with E-state index in [0.717, 1.165) is 0 Å². The molecule has 0 fully saturated rings. The Morgan fingerprint density at radius 1 is 0.629 bits per heavy atom. The molecule has 1 N–H and O–H groups in total. The number of aromatic amines is 1. The van der Waals surface area contributed by atoms with Crippen molar-refractivity contribution in [3.63, 3.8) is 0 Å². The van der Waals surface area contributed by atoms with Gasteiger partial charge >= 0.3 is 0 Å². The molecule has 4 aromatic carbocycles. The van der Waals surface area contributed by atoms with Crippen LogP contribution in [0, 0.1) is 5.92 Å². The van der Waals surface area contributed by atoms with Crippen LogP contribution < -0.4 is 5.56 Å². The minimum atomic E-state index is -1.18. The van der Waals surface area contributed by atoms with Crippen molar-refractivity contribution in [1.82, 2.24) is 9.97 Å². The molecule has 0 spiro atoms. The van der Waals surface area contributed by atoms with E-state index in [2.05, 4.69) is 9.97 Å². The van der Waals surface area contributed by atoms with Crippen LogP contribution in [0.3, 0.4) is 0 Å². The topological polar surface area (TPSA) is 79.9 Å². The van der Waals surface area contributed by atoms with E-state index in [0.29, 0.717) is 27.7 Å². The van der Waals surface area contributed by atoms with Crippen LogP contribution in [0.5, 0.6) is 0 Å². The molecule has 0 saturated carbocycles. The van der Waals surface area contributed by atoms with Gasteiger partial charge in [-0.1, -0.05) is 103 Å². The second-order valence-corrected chi connectivity index (χ2v) is 8.29. The van der Waals surface area contributed by atoms with Gasteiger partial charge in [-0.2, -0.15) is 0 Å². The summed E-state index contributed by atoms with van der Waals surface area (Å²) in [6, 6.07) is 33.8. The standard InChI is InChI=1S/C30H22N2O3/c33-28(21-14-6-2-7-15-21)26(29(34)22-16-8-3-9-17-22)25(20-12-4-1-5-13-20)27-30(35)32-24-19-11-10-18-23(24)31-27/h1-19,25-26H,(H,32,35)/t25-/m1/s1. The number of H-pyrrole nitrogens is 1. The van der Waals surface area contributed by atoms with Crippen molar-refractivity contribution in [2.45, 2.75) is 5.92 Å². The number of aromatic nitrogens is 2. The van der Waals surface area contributed by atoms with Gasteiger partial charge in [0, 0.05) is 17.0 Å². The fourth-order valence-electron chi connectivity index (χ4n) is 4.41. The first kappa shape index (κ1) is 22.2. The Morgan fingerprint density at radius 2 is 1.11 bits per heavy atom. The summed E-state index contributed by atoms with van der Waals surface area (Å²) >= 11 is 0. The highest BCUT2D eigenvalue weighted by Gasteiger charge is 2.39. The molecule has 35 heavy (non-hydrogen) atoms. The number of fused-ring (bicyclic) bond motifs is 1. The zero-order valence-electron chi connectivity index (χ0n) is 18.8.